The first-order chi connectivity index (χ1) is 5.97. The van der Waals surface area contributed by atoms with Crippen LogP contribution >= 0.6 is 11.6 Å². The molecule has 0 saturated carbocycles. The Morgan fingerprint density at radius 1 is 1.38 bits per heavy atom. The van der Waals surface area contributed by atoms with E-state index in [1.54, 1.807) is 0 Å². The van der Waals surface area contributed by atoms with E-state index < -0.39 is 19.4 Å². The van der Waals surface area contributed by atoms with Gasteiger partial charge in [-0.1, -0.05) is 5.10 Å². The van der Waals surface area contributed by atoms with Crippen LogP contribution in [-0.2, 0) is 11.3 Å². The Balaban J connectivity index is 2.28. The smallest absolute Gasteiger partial charge is 0.410 e. The highest BCUT2D eigenvalue weighted by Crippen LogP contribution is 2.15. The lowest BCUT2D eigenvalue weighted by Crippen LogP contribution is -2.16. The van der Waals surface area contributed by atoms with E-state index in [9.17, 15) is 13.2 Å². The third kappa shape index (κ3) is 4.09. The van der Waals surface area contributed by atoms with Gasteiger partial charge in [0.1, 0.15) is 13.2 Å². The van der Waals surface area contributed by atoms with E-state index in [4.69, 9.17) is 11.6 Å². The van der Waals surface area contributed by atoms with Crippen molar-refractivity contribution in [1.29, 1.82) is 0 Å². The SMILES string of the molecule is FC(F)(F)COCc1nnc(Cl)o1. The molecule has 0 radical (unpaired) electrons. The van der Waals surface area contributed by atoms with Crippen molar-refractivity contribution in [3.05, 3.63) is 11.2 Å². The molecule has 0 aliphatic rings. The van der Waals surface area contributed by atoms with Crippen LogP contribution in [0.1, 0.15) is 5.89 Å². The third-order valence-corrected chi connectivity index (χ3v) is 1.09. The first-order valence-corrected chi connectivity index (χ1v) is 3.47. The molecule has 0 aromatic carbocycles. The minimum atomic E-state index is -4.36. The quantitative estimate of drug-likeness (QED) is 0.773. The zero-order valence-corrected chi connectivity index (χ0v) is 6.89. The first-order valence-electron chi connectivity index (χ1n) is 3.10. The molecule has 0 amide bonds. The Kier molecular flexibility index (Phi) is 3.10. The summed E-state index contributed by atoms with van der Waals surface area (Å²) in [6, 6.07) is 0. The van der Waals surface area contributed by atoms with E-state index >= 15 is 0 Å². The molecule has 4 nitrogen and oxygen atoms in total. The molecule has 1 rings (SSSR count). The molecule has 1 aromatic rings. The summed E-state index contributed by atoms with van der Waals surface area (Å²) in [5.74, 6) is -0.0887. The van der Waals surface area contributed by atoms with Gasteiger partial charge in [-0.15, -0.1) is 5.10 Å². The summed E-state index contributed by atoms with van der Waals surface area (Å²) in [4.78, 5) is 0. The summed E-state index contributed by atoms with van der Waals surface area (Å²) in [6.45, 7) is -1.76. The molecule has 0 aliphatic heterocycles. The molecule has 0 fully saturated rings. The van der Waals surface area contributed by atoms with Gasteiger partial charge in [-0.3, -0.25) is 0 Å². The second kappa shape index (κ2) is 3.93. The van der Waals surface area contributed by atoms with E-state index in [1.165, 1.54) is 0 Å². The average Bonchev–Trinajstić information content (AvgIpc) is 2.33. The lowest BCUT2D eigenvalue weighted by Gasteiger charge is -2.04. The fourth-order valence-corrected chi connectivity index (χ4v) is 0.672. The molecule has 0 spiro atoms. The number of ether oxygens (including phenoxy) is 1. The standard InChI is InChI=1S/C5H4ClF3N2O2/c6-4-11-10-3(13-4)1-12-2-5(7,8)9/h1-2H2. The van der Waals surface area contributed by atoms with Crippen molar-refractivity contribution in [2.75, 3.05) is 6.61 Å². The van der Waals surface area contributed by atoms with Crippen LogP contribution in [0, 0.1) is 0 Å². The van der Waals surface area contributed by atoms with Gasteiger partial charge < -0.3 is 9.15 Å². The summed E-state index contributed by atoms with van der Waals surface area (Å²) in [5.41, 5.74) is 0. The normalized spacial score (nSPS) is 12.0. The molecule has 0 atom stereocenters. The molecule has 8 heteroatoms. The van der Waals surface area contributed by atoms with Crippen LogP contribution in [-0.4, -0.2) is 23.0 Å². The number of alkyl halides is 3. The van der Waals surface area contributed by atoms with Gasteiger partial charge in [0.2, 0.25) is 5.89 Å². The minimum absolute atomic E-state index is 0.0887. The van der Waals surface area contributed by atoms with E-state index in [-0.39, 0.29) is 11.2 Å². The third-order valence-electron chi connectivity index (χ3n) is 0.933. The first kappa shape index (κ1) is 10.3. The van der Waals surface area contributed by atoms with Crippen molar-refractivity contribution >= 4 is 11.6 Å². The van der Waals surface area contributed by atoms with Crippen LogP contribution in [0.25, 0.3) is 0 Å². The fraction of sp³-hybridized carbons (Fsp3) is 0.600. The van der Waals surface area contributed by atoms with Crippen LogP contribution in [0.15, 0.2) is 4.42 Å². The van der Waals surface area contributed by atoms with Crippen LogP contribution in [0.3, 0.4) is 0 Å². The Morgan fingerprint density at radius 3 is 2.54 bits per heavy atom. The summed E-state index contributed by atoms with van der Waals surface area (Å²) >= 11 is 5.21. The maximum Gasteiger partial charge on any atom is 0.411 e. The zero-order chi connectivity index (χ0) is 9.90. The topological polar surface area (TPSA) is 48.2 Å². The van der Waals surface area contributed by atoms with Gasteiger partial charge in [0.05, 0.1) is 0 Å². The summed E-state index contributed by atoms with van der Waals surface area (Å²) in [6.07, 6.45) is -4.36. The Labute approximate surface area is 75.6 Å². The number of halogens is 4. The second-order valence-corrected chi connectivity index (χ2v) is 2.38. The van der Waals surface area contributed by atoms with Crippen molar-refractivity contribution in [2.24, 2.45) is 0 Å². The van der Waals surface area contributed by atoms with E-state index in [1.807, 2.05) is 0 Å². The highest BCUT2D eigenvalue weighted by molar-refractivity contribution is 6.27. The van der Waals surface area contributed by atoms with Crippen molar-refractivity contribution < 1.29 is 22.3 Å². The zero-order valence-electron chi connectivity index (χ0n) is 6.14. The van der Waals surface area contributed by atoms with Crippen molar-refractivity contribution in [3.8, 4) is 0 Å². The lowest BCUT2D eigenvalue weighted by atomic mass is 10.6. The number of nitrogens with zero attached hydrogens (tertiary/aromatic N) is 2. The second-order valence-electron chi connectivity index (χ2n) is 2.06. The molecule has 74 valence electrons. The van der Waals surface area contributed by atoms with Gasteiger partial charge in [-0.05, 0) is 11.6 Å². The van der Waals surface area contributed by atoms with Gasteiger partial charge >= 0.3 is 11.5 Å². The van der Waals surface area contributed by atoms with Gasteiger partial charge in [0.25, 0.3) is 0 Å². The maximum atomic E-state index is 11.5. The average molecular weight is 217 g/mol. The number of rotatable bonds is 3. The van der Waals surface area contributed by atoms with Gasteiger partial charge in [-0.2, -0.15) is 13.2 Å². The van der Waals surface area contributed by atoms with E-state index in [0.29, 0.717) is 0 Å². The predicted octanol–water partition coefficient (Wildman–Crippen LogP) is 1.80. The molecule has 0 unspecified atom stereocenters. The summed E-state index contributed by atoms with van der Waals surface area (Å²) < 4.78 is 43.4. The summed E-state index contributed by atoms with van der Waals surface area (Å²) in [7, 11) is 0. The largest absolute Gasteiger partial charge is 0.411 e. The maximum absolute atomic E-state index is 11.5. The van der Waals surface area contributed by atoms with Crippen molar-refractivity contribution in [1.82, 2.24) is 10.2 Å². The highest BCUT2D eigenvalue weighted by Gasteiger charge is 2.27. The van der Waals surface area contributed by atoms with Crippen LogP contribution in [0.2, 0.25) is 5.35 Å². The molecule has 1 heterocycles. The van der Waals surface area contributed by atoms with Crippen LogP contribution in [0.5, 0.6) is 0 Å². The molecule has 1 aromatic heterocycles. The van der Waals surface area contributed by atoms with Crippen molar-refractivity contribution in [3.63, 3.8) is 0 Å². The van der Waals surface area contributed by atoms with Crippen LogP contribution in [0.4, 0.5) is 13.2 Å². The minimum Gasteiger partial charge on any atom is -0.410 e. The molecule has 0 bridgehead atoms. The molecule has 0 aliphatic carbocycles. The van der Waals surface area contributed by atoms with Crippen molar-refractivity contribution in [2.45, 2.75) is 12.8 Å². The van der Waals surface area contributed by atoms with Gasteiger partial charge in [-0.25, -0.2) is 0 Å². The van der Waals surface area contributed by atoms with Gasteiger partial charge in [0.15, 0.2) is 0 Å². The summed E-state index contributed by atoms with van der Waals surface area (Å²) in [5, 5.41) is 6.28. The Bertz CT molecular complexity index is 275. The van der Waals surface area contributed by atoms with Crippen LogP contribution < -0.4 is 0 Å². The Morgan fingerprint density at radius 2 is 2.08 bits per heavy atom. The number of hydrogen-bond acceptors (Lipinski definition) is 4. The fourth-order valence-electron chi connectivity index (χ4n) is 0.546. The Hall–Kier alpha value is -0.820. The number of aromatic nitrogens is 2. The molecule has 0 saturated heterocycles. The molecule has 0 N–H and O–H groups in total. The monoisotopic (exact) mass is 216 g/mol. The lowest BCUT2D eigenvalue weighted by molar-refractivity contribution is -0.177. The highest BCUT2D eigenvalue weighted by atomic mass is 35.5. The van der Waals surface area contributed by atoms with E-state index in [0.717, 1.165) is 0 Å². The van der Waals surface area contributed by atoms with E-state index in [2.05, 4.69) is 19.4 Å². The predicted molar refractivity (Wildman–Crippen MR) is 35.0 cm³/mol. The molecular weight excluding hydrogens is 213 g/mol. The van der Waals surface area contributed by atoms with Gasteiger partial charge in [0, 0.05) is 0 Å². The molecule has 13 heavy (non-hydrogen) atoms. The molecular formula is C5H4ClF3N2O2. The number of hydrogen-bond donors (Lipinski definition) is 0.